The van der Waals surface area contributed by atoms with Gasteiger partial charge in [0.1, 0.15) is 5.69 Å². The van der Waals surface area contributed by atoms with E-state index in [0.29, 0.717) is 35.8 Å². The van der Waals surface area contributed by atoms with Gasteiger partial charge in [-0.2, -0.15) is 0 Å². The molecular formula is C18H26N2O4. The van der Waals surface area contributed by atoms with E-state index in [1.807, 2.05) is 0 Å². The number of amides is 1. The van der Waals surface area contributed by atoms with E-state index in [1.54, 1.807) is 25.7 Å². The fraction of sp³-hybridized carbons (Fsp3) is 0.611. The number of rotatable bonds is 4. The van der Waals surface area contributed by atoms with Crippen molar-refractivity contribution < 1.29 is 19.1 Å². The molecule has 0 spiro atoms. The number of aryl methyl sites for hydroxylation is 1. The minimum absolute atomic E-state index is 0.105. The van der Waals surface area contributed by atoms with Crippen LogP contribution in [0, 0.1) is 19.8 Å². The molecule has 1 saturated heterocycles. The Bertz CT molecular complexity index is 662. The fourth-order valence-electron chi connectivity index (χ4n) is 3.40. The van der Waals surface area contributed by atoms with Gasteiger partial charge in [0, 0.05) is 24.3 Å². The van der Waals surface area contributed by atoms with Crippen LogP contribution in [0.25, 0.3) is 0 Å². The Balaban J connectivity index is 2.08. The van der Waals surface area contributed by atoms with E-state index in [0.717, 1.165) is 12.8 Å². The van der Waals surface area contributed by atoms with Gasteiger partial charge >= 0.3 is 5.97 Å². The SMILES string of the molecule is CC(=O)c1c(C)[nH]c(C(=O)O[C@H](C)C(=O)N2CCC[C@H](C)C2)c1C. The van der Waals surface area contributed by atoms with Gasteiger partial charge in [-0.3, -0.25) is 9.59 Å². The minimum atomic E-state index is -0.841. The van der Waals surface area contributed by atoms with Gasteiger partial charge in [0.2, 0.25) is 0 Å². The molecule has 0 saturated carbocycles. The van der Waals surface area contributed by atoms with E-state index >= 15 is 0 Å². The van der Waals surface area contributed by atoms with Crippen molar-refractivity contribution in [2.45, 2.75) is 53.6 Å². The van der Waals surface area contributed by atoms with Crippen molar-refractivity contribution in [1.82, 2.24) is 9.88 Å². The summed E-state index contributed by atoms with van der Waals surface area (Å²) in [6, 6.07) is 0. The zero-order valence-electron chi connectivity index (χ0n) is 15.1. The van der Waals surface area contributed by atoms with Crippen molar-refractivity contribution in [2.24, 2.45) is 5.92 Å². The molecular weight excluding hydrogens is 308 g/mol. The van der Waals surface area contributed by atoms with Crippen molar-refractivity contribution in [1.29, 1.82) is 0 Å². The predicted octanol–water partition coefficient (Wildman–Crippen LogP) is 2.64. The second-order valence-corrected chi connectivity index (χ2v) is 6.76. The van der Waals surface area contributed by atoms with Crippen molar-refractivity contribution >= 4 is 17.7 Å². The van der Waals surface area contributed by atoms with Crippen LogP contribution in [0.15, 0.2) is 0 Å². The highest BCUT2D eigenvalue weighted by atomic mass is 16.5. The first kappa shape index (κ1) is 18.2. The summed E-state index contributed by atoms with van der Waals surface area (Å²) in [6.45, 7) is 10.0. The topological polar surface area (TPSA) is 79.5 Å². The molecule has 0 bridgehead atoms. The molecule has 2 atom stereocenters. The van der Waals surface area contributed by atoms with E-state index < -0.39 is 12.1 Å². The highest BCUT2D eigenvalue weighted by Crippen LogP contribution is 2.21. The summed E-state index contributed by atoms with van der Waals surface area (Å²) in [6.07, 6.45) is 1.25. The maximum atomic E-state index is 12.5. The number of aromatic nitrogens is 1. The number of carbonyl (C=O) groups is 3. The number of likely N-dealkylation sites (tertiary alicyclic amines) is 1. The number of nitrogens with one attached hydrogen (secondary N) is 1. The molecule has 132 valence electrons. The average Bonchev–Trinajstić information content (AvgIpc) is 2.81. The summed E-state index contributed by atoms with van der Waals surface area (Å²) in [7, 11) is 0. The quantitative estimate of drug-likeness (QED) is 0.678. The standard InChI is InChI=1S/C18H26N2O4/c1-10-7-6-8-20(9-10)17(22)14(5)24-18(23)16-11(2)15(13(4)21)12(3)19-16/h10,14,19H,6-9H2,1-5H3/t10-,14+/m0/s1. The van der Waals surface area contributed by atoms with E-state index in [2.05, 4.69) is 11.9 Å². The first-order chi connectivity index (χ1) is 11.2. The van der Waals surface area contributed by atoms with E-state index in [4.69, 9.17) is 4.74 Å². The highest BCUT2D eigenvalue weighted by molar-refractivity contribution is 6.01. The Morgan fingerprint density at radius 2 is 1.96 bits per heavy atom. The predicted molar refractivity (Wildman–Crippen MR) is 90.1 cm³/mol. The second kappa shape index (κ2) is 7.20. The molecule has 0 unspecified atom stereocenters. The average molecular weight is 334 g/mol. The smallest absolute Gasteiger partial charge is 0.355 e. The number of piperidine rings is 1. The van der Waals surface area contributed by atoms with Gasteiger partial charge in [0.25, 0.3) is 5.91 Å². The van der Waals surface area contributed by atoms with Gasteiger partial charge in [-0.25, -0.2) is 4.79 Å². The lowest BCUT2D eigenvalue weighted by molar-refractivity contribution is -0.141. The largest absolute Gasteiger partial charge is 0.448 e. The minimum Gasteiger partial charge on any atom is -0.448 e. The van der Waals surface area contributed by atoms with Gasteiger partial charge in [-0.05, 0) is 52.0 Å². The number of aromatic amines is 1. The maximum Gasteiger partial charge on any atom is 0.355 e. The van der Waals surface area contributed by atoms with Crippen LogP contribution in [-0.2, 0) is 9.53 Å². The number of hydrogen-bond acceptors (Lipinski definition) is 4. The molecule has 24 heavy (non-hydrogen) atoms. The Morgan fingerprint density at radius 3 is 2.50 bits per heavy atom. The Kier molecular flexibility index (Phi) is 5.47. The van der Waals surface area contributed by atoms with Crippen molar-refractivity contribution in [2.75, 3.05) is 13.1 Å². The van der Waals surface area contributed by atoms with Crippen LogP contribution in [0.1, 0.15) is 65.7 Å². The fourth-order valence-corrected chi connectivity index (χ4v) is 3.40. The van der Waals surface area contributed by atoms with Crippen molar-refractivity contribution in [3.8, 4) is 0 Å². The third-order valence-electron chi connectivity index (χ3n) is 4.59. The molecule has 1 aliphatic heterocycles. The van der Waals surface area contributed by atoms with Crippen LogP contribution in [0.5, 0.6) is 0 Å². The normalized spacial score (nSPS) is 19.0. The molecule has 0 aliphatic carbocycles. The van der Waals surface area contributed by atoms with Crippen molar-refractivity contribution in [3.05, 3.63) is 22.5 Å². The van der Waals surface area contributed by atoms with Crippen LogP contribution in [0.4, 0.5) is 0 Å². The zero-order valence-corrected chi connectivity index (χ0v) is 15.1. The maximum absolute atomic E-state index is 12.5. The number of nitrogens with zero attached hydrogens (tertiary/aromatic N) is 1. The number of ketones is 1. The molecule has 6 heteroatoms. The van der Waals surface area contributed by atoms with Crippen LogP contribution in [0.2, 0.25) is 0 Å². The molecule has 0 aromatic carbocycles. The molecule has 1 fully saturated rings. The second-order valence-electron chi connectivity index (χ2n) is 6.76. The third-order valence-corrected chi connectivity index (χ3v) is 4.59. The molecule has 1 amide bonds. The zero-order chi connectivity index (χ0) is 18.0. The lowest BCUT2D eigenvalue weighted by Gasteiger charge is -2.32. The number of Topliss-reactive ketones (excluding diaryl/α,β-unsaturated/α-hetero) is 1. The number of hydrogen-bond donors (Lipinski definition) is 1. The first-order valence-electron chi connectivity index (χ1n) is 8.42. The molecule has 6 nitrogen and oxygen atoms in total. The summed E-state index contributed by atoms with van der Waals surface area (Å²) in [4.78, 5) is 41.2. The monoisotopic (exact) mass is 334 g/mol. The molecule has 1 aromatic heterocycles. The lowest BCUT2D eigenvalue weighted by atomic mass is 10.00. The molecule has 1 aromatic rings. The van der Waals surface area contributed by atoms with Crippen molar-refractivity contribution in [3.63, 3.8) is 0 Å². The van der Waals surface area contributed by atoms with Crippen LogP contribution >= 0.6 is 0 Å². The van der Waals surface area contributed by atoms with E-state index in [-0.39, 0.29) is 17.4 Å². The summed E-state index contributed by atoms with van der Waals surface area (Å²) in [5.41, 5.74) is 1.95. The molecule has 1 N–H and O–H groups in total. The van der Waals surface area contributed by atoms with Crippen LogP contribution in [0.3, 0.4) is 0 Å². The van der Waals surface area contributed by atoms with E-state index in [9.17, 15) is 14.4 Å². The third kappa shape index (κ3) is 3.68. The number of H-pyrrole nitrogens is 1. The molecule has 2 heterocycles. The Morgan fingerprint density at radius 1 is 1.29 bits per heavy atom. The van der Waals surface area contributed by atoms with Gasteiger partial charge in [-0.1, -0.05) is 6.92 Å². The van der Waals surface area contributed by atoms with Gasteiger partial charge in [0.05, 0.1) is 0 Å². The molecule has 2 rings (SSSR count). The Labute approximate surface area is 142 Å². The summed E-state index contributed by atoms with van der Waals surface area (Å²) in [5.74, 6) is -0.402. The van der Waals surface area contributed by atoms with Gasteiger partial charge < -0.3 is 14.6 Å². The lowest BCUT2D eigenvalue weighted by Crippen LogP contribution is -2.44. The first-order valence-corrected chi connectivity index (χ1v) is 8.42. The summed E-state index contributed by atoms with van der Waals surface area (Å²) in [5, 5.41) is 0. The number of ether oxygens (including phenoxy) is 1. The highest BCUT2D eigenvalue weighted by Gasteiger charge is 2.29. The molecule has 0 radical (unpaired) electrons. The van der Waals surface area contributed by atoms with Gasteiger partial charge in [0.15, 0.2) is 11.9 Å². The van der Waals surface area contributed by atoms with Gasteiger partial charge in [-0.15, -0.1) is 0 Å². The molecule has 1 aliphatic rings. The van der Waals surface area contributed by atoms with E-state index in [1.165, 1.54) is 6.92 Å². The summed E-state index contributed by atoms with van der Waals surface area (Å²) >= 11 is 0. The van der Waals surface area contributed by atoms with Crippen LogP contribution < -0.4 is 0 Å². The number of carbonyl (C=O) groups excluding carboxylic acids is 3. The Hall–Kier alpha value is -2.11. The van der Waals surface area contributed by atoms with Crippen LogP contribution in [-0.4, -0.2) is 46.7 Å². The summed E-state index contributed by atoms with van der Waals surface area (Å²) < 4.78 is 5.34. The number of esters is 1.